The number of hydrogen-bond acceptors (Lipinski definition) is 5. The van der Waals surface area contributed by atoms with E-state index in [-0.39, 0.29) is 11.7 Å². The van der Waals surface area contributed by atoms with Gasteiger partial charge in [-0.3, -0.25) is 4.79 Å². The third-order valence-electron chi connectivity index (χ3n) is 3.98. The minimum atomic E-state index is -0.328. The molecular formula is C18H19Cl2N5OS. The highest BCUT2D eigenvalue weighted by Crippen LogP contribution is 2.28. The van der Waals surface area contributed by atoms with Crippen molar-refractivity contribution in [3.63, 3.8) is 0 Å². The van der Waals surface area contributed by atoms with Crippen LogP contribution in [0, 0.1) is 13.8 Å². The van der Waals surface area contributed by atoms with Crippen LogP contribution < -0.4 is 5.32 Å². The van der Waals surface area contributed by atoms with Crippen molar-refractivity contribution in [3.8, 4) is 5.69 Å². The van der Waals surface area contributed by atoms with E-state index < -0.39 is 0 Å². The largest absolute Gasteiger partial charge is 0.349 e. The Morgan fingerprint density at radius 1 is 1.22 bits per heavy atom. The molecular weight excluding hydrogens is 405 g/mol. The lowest BCUT2D eigenvalue weighted by molar-refractivity contribution is 0.0944. The molecule has 2 aromatic heterocycles. The van der Waals surface area contributed by atoms with Crippen molar-refractivity contribution in [2.45, 2.75) is 33.6 Å². The van der Waals surface area contributed by atoms with Crippen LogP contribution in [0.5, 0.6) is 0 Å². The van der Waals surface area contributed by atoms with Gasteiger partial charge >= 0.3 is 0 Å². The molecule has 1 N–H and O–H groups in total. The van der Waals surface area contributed by atoms with E-state index in [2.05, 4.69) is 20.4 Å². The number of nitrogens with zero attached hydrogens (tertiary/aromatic N) is 4. The SMILES string of the molecule is CCc1nc(C(=O)NCCc2sc(C)nc2C)nn1-c1c(Cl)cccc1Cl. The summed E-state index contributed by atoms with van der Waals surface area (Å²) in [4.78, 5) is 22.4. The highest BCUT2D eigenvalue weighted by atomic mass is 35.5. The average molecular weight is 424 g/mol. The Hall–Kier alpha value is -1.96. The number of halogens is 2. The van der Waals surface area contributed by atoms with E-state index in [1.165, 1.54) is 9.56 Å². The molecule has 0 radical (unpaired) electrons. The summed E-state index contributed by atoms with van der Waals surface area (Å²) in [7, 11) is 0. The quantitative estimate of drug-likeness (QED) is 0.644. The number of nitrogens with one attached hydrogen (secondary N) is 1. The molecule has 3 aromatic rings. The highest BCUT2D eigenvalue weighted by molar-refractivity contribution is 7.11. The highest BCUT2D eigenvalue weighted by Gasteiger charge is 2.19. The fraction of sp³-hybridized carbons (Fsp3) is 0.333. The minimum Gasteiger partial charge on any atom is -0.349 e. The number of carbonyl (C=O) groups is 1. The van der Waals surface area contributed by atoms with Gasteiger partial charge in [0.25, 0.3) is 5.91 Å². The van der Waals surface area contributed by atoms with Gasteiger partial charge in [-0.15, -0.1) is 16.4 Å². The summed E-state index contributed by atoms with van der Waals surface area (Å²) < 4.78 is 1.54. The van der Waals surface area contributed by atoms with Crippen LogP contribution in [-0.4, -0.2) is 32.2 Å². The maximum atomic E-state index is 12.5. The molecule has 2 heterocycles. The van der Waals surface area contributed by atoms with Crippen molar-refractivity contribution in [1.29, 1.82) is 0 Å². The van der Waals surface area contributed by atoms with E-state index in [0.717, 1.165) is 17.1 Å². The first-order valence-corrected chi connectivity index (χ1v) is 10.1. The first kappa shape index (κ1) is 19.8. The lowest BCUT2D eigenvalue weighted by atomic mass is 10.3. The third kappa shape index (κ3) is 4.31. The van der Waals surface area contributed by atoms with Crippen molar-refractivity contribution < 1.29 is 4.79 Å². The Bertz CT molecular complexity index is 962. The van der Waals surface area contributed by atoms with E-state index >= 15 is 0 Å². The van der Waals surface area contributed by atoms with E-state index in [1.54, 1.807) is 29.5 Å². The summed E-state index contributed by atoms with van der Waals surface area (Å²) in [6.07, 6.45) is 1.31. The minimum absolute atomic E-state index is 0.0973. The first-order chi connectivity index (χ1) is 12.9. The maximum absolute atomic E-state index is 12.5. The van der Waals surface area contributed by atoms with Gasteiger partial charge in [-0.25, -0.2) is 14.6 Å². The first-order valence-electron chi connectivity index (χ1n) is 8.52. The molecule has 3 rings (SSSR count). The van der Waals surface area contributed by atoms with Gasteiger partial charge in [-0.2, -0.15) is 0 Å². The van der Waals surface area contributed by atoms with Gasteiger partial charge in [0.05, 0.1) is 20.7 Å². The zero-order valence-corrected chi connectivity index (χ0v) is 17.5. The predicted molar refractivity (Wildman–Crippen MR) is 108 cm³/mol. The fourth-order valence-electron chi connectivity index (χ4n) is 2.71. The molecule has 9 heteroatoms. The molecule has 0 atom stereocenters. The molecule has 0 unspecified atom stereocenters. The van der Waals surface area contributed by atoms with Crippen molar-refractivity contribution in [3.05, 3.63) is 55.5 Å². The van der Waals surface area contributed by atoms with Crippen LogP contribution >= 0.6 is 34.5 Å². The second-order valence-corrected chi connectivity index (χ2v) is 8.04. The van der Waals surface area contributed by atoms with E-state index in [0.29, 0.717) is 34.5 Å². The van der Waals surface area contributed by atoms with Crippen molar-refractivity contribution in [2.24, 2.45) is 0 Å². The molecule has 0 bridgehead atoms. The normalized spacial score (nSPS) is 11.0. The second kappa shape index (κ2) is 8.37. The van der Waals surface area contributed by atoms with Gasteiger partial charge in [-0.1, -0.05) is 36.2 Å². The topological polar surface area (TPSA) is 72.7 Å². The summed E-state index contributed by atoms with van der Waals surface area (Å²) in [5.74, 6) is 0.384. The summed E-state index contributed by atoms with van der Waals surface area (Å²) >= 11 is 14.2. The van der Waals surface area contributed by atoms with Crippen LogP contribution in [0.4, 0.5) is 0 Å². The van der Waals surface area contributed by atoms with Crippen LogP contribution in [-0.2, 0) is 12.8 Å². The van der Waals surface area contributed by atoms with E-state index in [9.17, 15) is 4.79 Å². The van der Waals surface area contributed by atoms with E-state index in [1.807, 2.05) is 20.8 Å². The third-order valence-corrected chi connectivity index (χ3v) is 5.72. The maximum Gasteiger partial charge on any atom is 0.290 e. The standard InChI is InChI=1S/C18H19Cl2N5OS/c1-4-15-23-17(24-25(15)16-12(19)6-5-7-13(16)20)18(26)21-9-8-14-10(2)22-11(3)27-14/h5-7H,4,8-9H2,1-3H3,(H,21,26). The molecule has 0 saturated carbocycles. The Labute approximate surface area is 171 Å². The zero-order chi connectivity index (χ0) is 19.6. The number of thiazole rings is 1. The number of aromatic nitrogens is 4. The molecule has 0 aliphatic heterocycles. The second-order valence-electron chi connectivity index (χ2n) is 5.93. The van der Waals surface area contributed by atoms with Crippen LogP contribution in [0.3, 0.4) is 0 Å². The van der Waals surface area contributed by atoms with Gasteiger partial charge < -0.3 is 5.32 Å². The van der Waals surface area contributed by atoms with Crippen LogP contribution in [0.15, 0.2) is 18.2 Å². The Morgan fingerprint density at radius 3 is 2.52 bits per heavy atom. The molecule has 142 valence electrons. The van der Waals surface area contributed by atoms with Crippen molar-refractivity contribution in [2.75, 3.05) is 6.54 Å². The number of hydrogen-bond donors (Lipinski definition) is 1. The molecule has 1 aromatic carbocycles. The van der Waals surface area contributed by atoms with Gasteiger partial charge in [0.2, 0.25) is 5.82 Å². The molecule has 6 nitrogen and oxygen atoms in total. The Morgan fingerprint density at radius 2 is 1.93 bits per heavy atom. The summed E-state index contributed by atoms with van der Waals surface area (Å²) in [5, 5.41) is 9.12. The zero-order valence-electron chi connectivity index (χ0n) is 15.2. The number of amides is 1. The van der Waals surface area contributed by atoms with Gasteiger partial charge in [0, 0.05) is 24.3 Å². The number of aryl methyl sites for hydroxylation is 3. The molecule has 0 fully saturated rings. The lowest BCUT2D eigenvalue weighted by Crippen LogP contribution is -2.26. The Kier molecular flexibility index (Phi) is 6.14. The fourth-order valence-corrected chi connectivity index (χ4v) is 4.21. The van der Waals surface area contributed by atoms with Crippen molar-refractivity contribution in [1.82, 2.24) is 25.1 Å². The number of carbonyl (C=O) groups excluding carboxylic acids is 1. The van der Waals surface area contributed by atoms with Crippen LogP contribution in [0.25, 0.3) is 5.69 Å². The molecule has 1 amide bonds. The van der Waals surface area contributed by atoms with Crippen molar-refractivity contribution >= 4 is 40.4 Å². The average Bonchev–Trinajstić information content (AvgIpc) is 3.18. The van der Waals surface area contributed by atoms with Gasteiger partial charge in [0.15, 0.2) is 0 Å². The lowest BCUT2D eigenvalue weighted by Gasteiger charge is -2.08. The van der Waals surface area contributed by atoms with E-state index in [4.69, 9.17) is 23.2 Å². The predicted octanol–water partition coefficient (Wildman–Crippen LogP) is 4.18. The monoisotopic (exact) mass is 423 g/mol. The molecule has 27 heavy (non-hydrogen) atoms. The van der Waals surface area contributed by atoms with Crippen LogP contribution in [0.2, 0.25) is 10.0 Å². The molecule has 0 aliphatic rings. The van der Waals surface area contributed by atoms with Crippen LogP contribution in [0.1, 0.15) is 38.9 Å². The molecule has 0 aliphatic carbocycles. The summed E-state index contributed by atoms with van der Waals surface area (Å²) in [5.41, 5.74) is 1.54. The summed E-state index contributed by atoms with van der Waals surface area (Å²) in [6.45, 7) is 6.37. The smallest absolute Gasteiger partial charge is 0.290 e. The number of rotatable bonds is 6. The molecule has 0 saturated heterocycles. The summed E-state index contributed by atoms with van der Waals surface area (Å²) in [6, 6.07) is 5.21. The van der Waals surface area contributed by atoms with Gasteiger partial charge in [0.1, 0.15) is 11.5 Å². The number of para-hydroxylation sites is 1. The molecule has 0 spiro atoms. The Balaban J connectivity index is 1.76. The van der Waals surface area contributed by atoms with Gasteiger partial charge in [-0.05, 0) is 26.0 Å². The number of benzene rings is 1.